The molecule has 14 heteroatoms. The third-order valence-corrected chi connectivity index (χ3v) is 7.53. The Labute approximate surface area is 205 Å². The number of halogens is 1. The zero-order valence-electron chi connectivity index (χ0n) is 19.5. The van der Waals surface area contributed by atoms with Crippen molar-refractivity contribution in [1.82, 2.24) is 24.6 Å². The number of anilines is 1. The number of aromatic nitrogens is 4. The minimum atomic E-state index is -4.20. The predicted molar refractivity (Wildman–Crippen MR) is 128 cm³/mol. The number of hydrogen-bond acceptors (Lipinski definition) is 10. The first-order valence-corrected chi connectivity index (χ1v) is 12.5. The zero-order valence-corrected chi connectivity index (χ0v) is 20.4. The van der Waals surface area contributed by atoms with Gasteiger partial charge in [0, 0.05) is 5.92 Å². The molecule has 1 aliphatic rings. The number of methoxy groups -OCH3 is 1. The first-order valence-electron chi connectivity index (χ1n) is 10.9. The molecular weight excluding hydrogens is 494 g/mol. The number of benzene rings is 1. The van der Waals surface area contributed by atoms with E-state index >= 15 is 4.39 Å². The number of alkyl halides is 1. The Morgan fingerprint density at radius 1 is 1.33 bits per heavy atom. The van der Waals surface area contributed by atoms with E-state index in [9.17, 15) is 14.5 Å². The molecule has 3 aromatic rings. The predicted octanol–water partition coefficient (Wildman–Crippen LogP) is 2.19. The summed E-state index contributed by atoms with van der Waals surface area (Å²) in [6.07, 6.45) is -0.765. The molecule has 0 bridgehead atoms. The molecule has 0 spiro atoms. The molecule has 5 unspecified atom stereocenters. The van der Waals surface area contributed by atoms with Crippen LogP contribution >= 0.6 is 7.75 Å². The second-order valence-corrected chi connectivity index (χ2v) is 9.91. The summed E-state index contributed by atoms with van der Waals surface area (Å²) in [5.74, 6) is -1.33. The van der Waals surface area contributed by atoms with Crippen LogP contribution in [0.25, 0.3) is 11.2 Å². The maximum atomic E-state index is 15.3. The highest BCUT2D eigenvalue weighted by Crippen LogP contribution is 2.48. The normalized spacial score (nSPS) is 24.4. The molecule has 4 N–H and O–H groups in total. The average molecular weight is 520 g/mol. The van der Waals surface area contributed by atoms with Crippen molar-refractivity contribution in [2.45, 2.75) is 31.3 Å². The van der Waals surface area contributed by atoms with Gasteiger partial charge >= 0.3 is 13.7 Å². The van der Waals surface area contributed by atoms with Crippen LogP contribution in [0.3, 0.4) is 0 Å². The topological polar surface area (TPSA) is 164 Å². The smallest absolute Gasteiger partial charge is 0.459 e. The van der Waals surface area contributed by atoms with Crippen LogP contribution < -0.4 is 15.3 Å². The Morgan fingerprint density at radius 3 is 2.75 bits per heavy atom. The number of carbonyl (C=O) groups is 1. The molecule has 2 heterocycles. The monoisotopic (exact) mass is 520 g/mol. The second-order valence-electron chi connectivity index (χ2n) is 8.22. The van der Waals surface area contributed by atoms with Crippen LogP contribution in [0.1, 0.15) is 13.0 Å². The first-order chi connectivity index (χ1) is 17.1. The lowest BCUT2D eigenvalue weighted by Gasteiger charge is -2.25. The van der Waals surface area contributed by atoms with Crippen LogP contribution in [0.2, 0.25) is 0 Å². The second kappa shape index (κ2) is 10.3. The summed E-state index contributed by atoms with van der Waals surface area (Å²) in [7, 11) is -3.01. The standard InChI is InChI=1S/C22H26FN6O6P/c1-12-15(19(30)16(23)18(12)29-11-27-17-20(24)25-10-26-21(17)29)9-34-36(32,28-13(2)22(31)33-3)35-14-7-5-4-6-8-14/h4-8,10-11,13,15-16,18-19,30H,1,9H2,2-3H3,(H,28,32)(H2,24,25,26)/t13-,15?,16?,18?,19?,36?/m0/s1. The number of fused-ring (bicyclic) bond motifs is 1. The van der Waals surface area contributed by atoms with Gasteiger partial charge in [0.05, 0.1) is 32.2 Å². The van der Waals surface area contributed by atoms with E-state index in [1.165, 1.54) is 31.3 Å². The maximum absolute atomic E-state index is 15.3. The molecule has 12 nitrogen and oxygen atoms in total. The van der Waals surface area contributed by atoms with Gasteiger partial charge in [-0.15, -0.1) is 0 Å². The number of nitrogen functional groups attached to an aromatic ring is 1. The van der Waals surface area contributed by atoms with Gasteiger partial charge in [0.15, 0.2) is 17.6 Å². The van der Waals surface area contributed by atoms with Crippen molar-refractivity contribution in [1.29, 1.82) is 0 Å². The maximum Gasteiger partial charge on any atom is 0.459 e. The fraction of sp³-hybridized carbons (Fsp3) is 0.364. The van der Waals surface area contributed by atoms with Crippen molar-refractivity contribution in [2.75, 3.05) is 19.5 Å². The van der Waals surface area contributed by atoms with Crippen molar-refractivity contribution < 1.29 is 32.6 Å². The van der Waals surface area contributed by atoms with Gasteiger partial charge in [-0.3, -0.25) is 9.32 Å². The van der Waals surface area contributed by atoms with E-state index in [-0.39, 0.29) is 28.3 Å². The van der Waals surface area contributed by atoms with E-state index < -0.39 is 50.6 Å². The Bertz CT molecular complexity index is 1310. The van der Waals surface area contributed by atoms with Crippen LogP contribution in [0.15, 0.2) is 55.1 Å². The SMILES string of the molecule is C=C1C(COP(=O)(N[C@@H](C)C(=O)OC)Oc2ccccc2)C(O)C(F)C1n1cnc2c(N)ncnc21. The van der Waals surface area contributed by atoms with Crippen LogP contribution in [-0.4, -0.2) is 62.6 Å². The lowest BCUT2D eigenvalue weighted by Crippen LogP contribution is -2.35. The number of para-hydroxylation sites is 1. The third-order valence-electron chi connectivity index (χ3n) is 5.88. The fourth-order valence-corrected chi connectivity index (χ4v) is 5.53. The number of imidazole rings is 1. The highest BCUT2D eigenvalue weighted by atomic mass is 31.2. The van der Waals surface area contributed by atoms with E-state index in [1.807, 2.05) is 0 Å². The van der Waals surface area contributed by atoms with Gasteiger partial charge in [-0.2, -0.15) is 5.09 Å². The van der Waals surface area contributed by atoms with Crippen molar-refractivity contribution >= 4 is 30.7 Å². The molecule has 4 rings (SSSR count). The number of aliphatic hydroxyl groups excluding tert-OH is 1. The van der Waals surface area contributed by atoms with Crippen molar-refractivity contribution in [3.8, 4) is 5.75 Å². The molecular formula is C22H26FN6O6P. The summed E-state index contributed by atoms with van der Waals surface area (Å²) in [5, 5.41) is 13.2. The van der Waals surface area contributed by atoms with Crippen molar-refractivity contribution in [2.24, 2.45) is 5.92 Å². The molecule has 192 valence electrons. The van der Waals surface area contributed by atoms with Crippen molar-refractivity contribution in [3.05, 3.63) is 55.1 Å². The average Bonchev–Trinajstić information content (AvgIpc) is 3.37. The molecule has 2 aromatic heterocycles. The largest absolute Gasteiger partial charge is 0.468 e. The minimum absolute atomic E-state index is 0.128. The summed E-state index contributed by atoms with van der Waals surface area (Å²) in [4.78, 5) is 24.0. The molecule has 0 amide bonds. The molecule has 1 aromatic carbocycles. The molecule has 1 fully saturated rings. The number of hydrogen-bond donors (Lipinski definition) is 3. The molecule has 0 saturated heterocycles. The summed E-state index contributed by atoms with van der Waals surface area (Å²) in [5.41, 5.74) is 6.65. The number of nitrogens with two attached hydrogens (primary N) is 1. The lowest BCUT2D eigenvalue weighted by molar-refractivity contribution is -0.142. The van der Waals surface area contributed by atoms with Crippen LogP contribution in [-0.2, 0) is 18.6 Å². The Hall–Kier alpha value is -3.38. The first kappa shape index (κ1) is 25.7. The summed E-state index contributed by atoms with van der Waals surface area (Å²) in [6, 6.07) is 6.08. The summed E-state index contributed by atoms with van der Waals surface area (Å²) in [6.45, 7) is 4.96. The van der Waals surface area contributed by atoms with Gasteiger partial charge in [-0.25, -0.2) is 23.9 Å². The van der Waals surface area contributed by atoms with E-state index in [1.54, 1.807) is 30.3 Å². The molecule has 1 aliphatic carbocycles. The lowest BCUT2D eigenvalue weighted by atomic mass is 10.0. The summed E-state index contributed by atoms with van der Waals surface area (Å²) < 4.78 is 46.2. The molecule has 0 radical (unpaired) electrons. The van der Waals surface area contributed by atoms with E-state index in [2.05, 4.69) is 31.4 Å². The van der Waals surface area contributed by atoms with Crippen LogP contribution in [0.5, 0.6) is 5.75 Å². The Balaban J connectivity index is 1.56. The highest BCUT2D eigenvalue weighted by Gasteiger charge is 2.48. The molecule has 0 aliphatic heterocycles. The van der Waals surface area contributed by atoms with E-state index in [4.69, 9.17) is 14.8 Å². The molecule has 1 saturated carbocycles. The Morgan fingerprint density at radius 2 is 2.06 bits per heavy atom. The Kier molecular flexibility index (Phi) is 7.36. The van der Waals surface area contributed by atoms with Gasteiger partial charge < -0.3 is 24.7 Å². The van der Waals surface area contributed by atoms with Gasteiger partial charge in [-0.1, -0.05) is 24.8 Å². The number of aliphatic hydroxyl groups is 1. The minimum Gasteiger partial charge on any atom is -0.468 e. The zero-order chi connectivity index (χ0) is 26.0. The summed E-state index contributed by atoms with van der Waals surface area (Å²) >= 11 is 0. The van der Waals surface area contributed by atoms with Crippen LogP contribution in [0, 0.1) is 5.92 Å². The van der Waals surface area contributed by atoms with Gasteiger partial charge in [0.1, 0.15) is 23.6 Å². The van der Waals surface area contributed by atoms with Gasteiger partial charge in [-0.05, 0) is 24.6 Å². The number of esters is 1. The van der Waals surface area contributed by atoms with Gasteiger partial charge in [0.25, 0.3) is 0 Å². The molecule has 6 atom stereocenters. The fourth-order valence-electron chi connectivity index (χ4n) is 4.02. The van der Waals surface area contributed by atoms with E-state index in [0.717, 1.165) is 0 Å². The van der Waals surface area contributed by atoms with Gasteiger partial charge in [0.2, 0.25) is 0 Å². The number of ether oxygens (including phenoxy) is 1. The highest BCUT2D eigenvalue weighted by molar-refractivity contribution is 7.52. The molecule has 36 heavy (non-hydrogen) atoms. The number of nitrogens with zero attached hydrogens (tertiary/aromatic N) is 4. The number of rotatable bonds is 9. The third kappa shape index (κ3) is 4.96. The quantitative estimate of drug-likeness (QED) is 0.215. The van der Waals surface area contributed by atoms with Crippen LogP contribution in [0.4, 0.5) is 10.2 Å². The van der Waals surface area contributed by atoms with E-state index in [0.29, 0.717) is 0 Å². The number of nitrogens with one attached hydrogen (secondary N) is 1. The van der Waals surface area contributed by atoms with Crippen molar-refractivity contribution in [3.63, 3.8) is 0 Å². The number of carbonyl (C=O) groups excluding carboxylic acids is 1.